The molecule has 1 aromatic carbocycles. The summed E-state index contributed by atoms with van der Waals surface area (Å²) >= 11 is 0. The minimum atomic E-state index is -0.132. The second kappa shape index (κ2) is 4.00. The smallest absolute Gasteiger partial charge is 0.194 e. The number of fused-ring (bicyclic) bond motifs is 1. The first kappa shape index (κ1) is 10.5. The predicted octanol–water partition coefficient (Wildman–Crippen LogP) is 2.56. The van der Waals surface area contributed by atoms with Crippen LogP contribution in [0.25, 0.3) is 22.2 Å². The van der Waals surface area contributed by atoms with Crippen molar-refractivity contribution >= 4 is 11.0 Å². The molecule has 0 radical (unpaired) electrons. The van der Waals surface area contributed by atoms with E-state index in [-0.39, 0.29) is 11.2 Å². The van der Waals surface area contributed by atoms with Crippen LogP contribution in [0.3, 0.4) is 0 Å². The van der Waals surface area contributed by atoms with Gasteiger partial charge in [-0.15, -0.1) is 0 Å². The van der Waals surface area contributed by atoms with Crippen LogP contribution in [0, 0.1) is 0 Å². The first-order valence-electron chi connectivity index (χ1n) is 5.41. The summed E-state index contributed by atoms with van der Waals surface area (Å²) in [6.07, 6.45) is 2.96. The molecule has 4 nitrogen and oxygen atoms in total. The summed E-state index contributed by atoms with van der Waals surface area (Å²) in [6, 6.07) is 9.56. The normalized spacial score (nSPS) is 10.7. The molecule has 2 aromatic heterocycles. The van der Waals surface area contributed by atoms with Crippen LogP contribution in [0.15, 0.2) is 58.1 Å². The molecule has 18 heavy (non-hydrogen) atoms. The summed E-state index contributed by atoms with van der Waals surface area (Å²) in [5.41, 5.74) is 1.69. The van der Waals surface area contributed by atoms with Crippen LogP contribution in [0.2, 0.25) is 0 Å². The van der Waals surface area contributed by atoms with Gasteiger partial charge in [-0.2, -0.15) is 0 Å². The number of nitrogens with zero attached hydrogens (tertiary/aromatic N) is 1. The molecular formula is C14H9NO3. The zero-order valence-electron chi connectivity index (χ0n) is 9.33. The fourth-order valence-corrected chi connectivity index (χ4v) is 1.87. The molecule has 1 N–H and O–H groups in total. The Morgan fingerprint density at radius 1 is 1.06 bits per heavy atom. The molecule has 0 saturated heterocycles. The average molecular weight is 239 g/mol. The van der Waals surface area contributed by atoms with Crippen LogP contribution in [-0.4, -0.2) is 10.1 Å². The minimum Gasteiger partial charge on any atom is -0.508 e. The summed E-state index contributed by atoms with van der Waals surface area (Å²) in [4.78, 5) is 16.1. The Bertz CT molecular complexity index is 755. The van der Waals surface area contributed by atoms with E-state index < -0.39 is 0 Å². The lowest BCUT2D eigenvalue weighted by molar-refractivity contribution is 0.475. The highest BCUT2D eigenvalue weighted by molar-refractivity contribution is 5.90. The van der Waals surface area contributed by atoms with Gasteiger partial charge in [0.15, 0.2) is 5.43 Å². The topological polar surface area (TPSA) is 63.3 Å². The number of phenols is 1. The number of hydrogen-bond donors (Lipinski definition) is 1. The molecule has 3 rings (SSSR count). The lowest BCUT2D eigenvalue weighted by Gasteiger charge is -2.04. The number of hydrogen-bond acceptors (Lipinski definition) is 4. The van der Waals surface area contributed by atoms with Crippen molar-refractivity contribution in [2.45, 2.75) is 0 Å². The highest BCUT2D eigenvalue weighted by Crippen LogP contribution is 2.25. The molecule has 88 valence electrons. The van der Waals surface area contributed by atoms with Gasteiger partial charge >= 0.3 is 0 Å². The van der Waals surface area contributed by atoms with E-state index in [0.29, 0.717) is 16.7 Å². The molecule has 0 saturated carbocycles. The molecule has 2 heterocycles. The minimum absolute atomic E-state index is 0.132. The van der Waals surface area contributed by atoms with E-state index >= 15 is 0 Å². The van der Waals surface area contributed by atoms with Gasteiger partial charge in [-0.05, 0) is 30.3 Å². The van der Waals surface area contributed by atoms with Crippen molar-refractivity contribution < 1.29 is 9.52 Å². The third-order valence-electron chi connectivity index (χ3n) is 2.71. The number of phenolic OH excluding ortho intramolecular Hbond substituents is 1. The molecule has 3 aromatic rings. The van der Waals surface area contributed by atoms with E-state index in [0.717, 1.165) is 5.56 Å². The van der Waals surface area contributed by atoms with E-state index in [1.807, 2.05) is 0 Å². The van der Waals surface area contributed by atoms with E-state index in [1.54, 1.807) is 36.5 Å². The van der Waals surface area contributed by atoms with E-state index in [4.69, 9.17) is 4.42 Å². The number of aromatic nitrogens is 1. The standard InChI is InChI=1S/C14H9NO3/c16-10-3-1-9(2-4-10)14-13-11(17)6-8-18-12(13)5-7-15-14/h1-8,16H. The molecule has 0 atom stereocenters. The van der Waals surface area contributed by atoms with Gasteiger partial charge in [0, 0.05) is 17.8 Å². The molecule has 0 fully saturated rings. The van der Waals surface area contributed by atoms with Gasteiger partial charge in [0.05, 0.1) is 17.3 Å². The fraction of sp³-hybridized carbons (Fsp3) is 0. The number of pyridine rings is 1. The van der Waals surface area contributed by atoms with Crippen LogP contribution in [0.1, 0.15) is 0 Å². The second-order valence-corrected chi connectivity index (χ2v) is 3.86. The van der Waals surface area contributed by atoms with Crippen molar-refractivity contribution in [2.75, 3.05) is 0 Å². The van der Waals surface area contributed by atoms with Crippen molar-refractivity contribution in [3.05, 3.63) is 59.1 Å². The predicted molar refractivity (Wildman–Crippen MR) is 67.4 cm³/mol. The molecule has 0 bridgehead atoms. The van der Waals surface area contributed by atoms with E-state index in [1.165, 1.54) is 12.3 Å². The van der Waals surface area contributed by atoms with Gasteiger partial charge < -0.3 is 9.52 Å². The van der Waals surface area contributed by atoms with Crippen molar-refractivity contribution in [1.29, 1.82) is 0 Å². The van der Waals surface area contributed by atoms with Gasteiger partial charge in [0.1, 0.15) is 11.3 Å². The molecule has 4 heteroatoms. The summed E-state index contributed by atoms with van der Waals surface area (Å²) in [5.74, 6) is 0.172. The maximum Gasteiger partial charge on any atom is 0.194 e. The Morgan fingerprint density at radius 2 is 1.83 bits per heavy atom. The van der Waals surface area contributed by atoms with Gasteiger partial charge in [0.25, 0.3) is 0 Å². The zero-order chi connectivity index (χ0) is 12.5. The van der Waals surface area contributed by atoms with Crippen LogP contribution in [0.4, 0.5) is 0 Å². The summed E-state index contributed by atoms with van der Waals surface area (Å²) in [7, 11) is 0. The Labute approximate surface area is 102 Å². The van der Waals surface area contributed by atoms with Crippen molar-refractivity contribution in [2.24, 2.45) is 0 Å². The third-order valence-corrected chi connectivity index (χ3v) is 2.71. The molecule has 0 aliphatic heterocycles. The molecule has 0 amide bonds. The van der Waals surface area contributed by atoms with E-state index in [2.05, 4.69) is 4.98 Å². The first-order chi connectivity index (χ1) is 8.75. The lowest BCUT2D eigenvalue weighted by atomic mass is 10.1. The molecule has 0 aliphatic carbocycles. The molecular weight excluding hydrogens is 230 g/mol. The largest absolute Gasteiger partial charge is 0.508 e. The Balaban J connectivity index is 2.36. The first-order valence-corrected chi connectivity index (χ1v) is 5.41. The molecule has 0 unspecified atom stereocenters. The van der Waals surface area contributed by atoms with Crippen molar-refractivity contribution in [3.8, 4) is 17.0 Å². The zero-order valence-corrected chi connectivity index (χ0v) is 9.33. The number of rotatable bonds is 1. The second-order valence-electron chi connectivity index (χ2n) is 3.86. The van der Waals surface area contributed by atoms with Crippen LogP contribution >= 0.6 is 0 Å². The van der Waals surface area contributed by atoms with Gasteiger partial charge in [-0.3, -0.25) is 9.78 Å². The van der Waals surface area contributed by atoms with Crippen molar-refractivity contribution in [3.63, 3.8) is 0 Å². The monoisotopic (exact) mass is 239 g/mol. The summed E-state index contributed by atoms with van der Waals surface area (Å²) in [6.45, 7) is 0. The van der Waals surface area contributed by atoms with Gasteiger partial charge in [-0.25, -0.2) is 0 Å². The van der Waals surface area contributed by atoms with Crippen LogP contribution in [0.5, 0.6) is 5.75 Å². The van der Waals surface area contributed by atoms with Gasteiger partial charge in [-0.1, -0.05) is 0 Å². The van der Waals surface area contributed by atoms with Crippen LogP contribution in [-0.2, 0) is 0 Å². The molecule has 0 aliphatic rings. The quantitative estimate of drug-likeness (QED) is 0.708. The van der Waals surface area contributed by atoms with Crippen LogP contribution < -0.4 is 5.43 Å². The average Bonchev–Trinajstić information content (AvgIpc) is 2.39. The van der Waals surface area contributed by atoms with Gasteiger partial charge in [0.2, 0.25) is 0 Å². The third kappa shape index (κ3) is 1.64. The SMILES string of the molecule is O=c1ccoc2ccnc(-c3ccc(O)cc3)c12. The number of aromatic hydroxyl groups is 1. The van der Waals surface area contributed by atoms with Crippen molar-refractivity contribution in [1.82, 2.24) is 4.98 Å². The maximum absolute atomic E-state index is 11.9. The maximum atomic E-state index is 11.9. The van der Waals surface area contributed by atoms with E-state index in [9.17, 15) is 9.90 Å². The lowest BCUT2D eigenvalue weighted by Crippen LogP contribution is -2.01. The Kier molecular flexibility index (Phi) is 2.34. The highest BCUT2D eigenvalue weighted by atomic mass is 16.3. The Hall–Kier alpha value is -2.62. The summed E-state index contributed by atoms with van der Waals surface area (Å²) < 4.78 is 5.29. The Morgan fingerprint density at radius 3 is 2.61 bits per heavy atom. The summed E-state index contributed by atoms with van der Waals surface area (Å²) in [5, 5.41) is 9.72. The fourth-order valence-electron chi connectivity index (χ4n) is 1.87. The molecule has 0 spiro atoms. The highest BCUT2D eigenvalue weighted by Gasteiger charge is 2.09. The number of benzene rings is 1.